The molecular weight excluding hydrogens is 296 g/mol. The highest BCUT2D eigenvalue weighted by Gasteiger charge is 2.29. The number of likely N-dealkylation sites (tertiary alicyclic amines) is 1. The van der Waals surface area contributed by atoms with Crippen LogP contribution < -0.4 is 14.8 Å². The van der Waals surface area contributed by atoms with E-state index in [2.05, 4.69) is 5.32 Å². The van der Waals surface area contributed by atoms with Crippen molar-refractivity contribution in [1.82, 2.24) is 4.90 Å². The summed E-state index contributed by atoms with van der Waals surface area (Å²) in [5.41, 5.74) is 0.445. The molecule has 6 nitrogen and oxygen atoms in total. The predicted octanol–water partition coefficient (Wildman–Crippen LogP) is 3.13. The normalized spacial score (nSPS) is 17.8. The number of methoxy groups -OCH3 is 2. The molecule has 1 N–H and O–H groups in total. The van der Waals surface area contributed by atoms with E-state index in [1.807, 2.05) is 39.0 Å². The number of carbonyl (C=O) groups is 1. The Morgan fingerprint density at radius 3 is 2.30 bits per heavy atom. The van der Waals surface area contributed by atoms with Gasteiger partial charge in [-0.2, -0.15) is 0 Å². The van der Waals surface area contributed by atoms with Crippen molar-refractivity contribution in [3.63, 3.8) is 0 Å². The average Bonchev–Trinajstić information content (AvgIpc) is 2.93. The van der Waals surface area contributed by atoms with Crippen molar-refractivity contribution in [3.05, 3.63) is 18.2 Å². The van der Waals surface area contributed by atoms with Crippen LogP contribution in [0.25, 0.3) is 0 Å². The van der Waals surface area contributed by atoms with Gasteiger partial charge in [-0.15, -0.1) is 0 Å². The van der Waals surface area contributed by atoms with Crippen molar-refractivity contribution >= 4 is 11.8 Å². The maximum absolute atomic E-state index is 12.1. The number of benzene rings is 1. The maximum Gasteiger partial charge on any atom is 0.410 e. The first kappa shape index (κ1) is 17.2. The Labute approximate surface area is 137 Å². The molecule has 1 fully saturated rings. The highest BCUT2D eigenvalue weighted by molar-refractivity contribution is 5.68. The summed E-state index contributed by atoms with van der Waals surface area (Å²) in [5, 5.41) is 3.43. The summed E-state index contributed by atoms with van der Waals surface area (Å²) < 4.78 is 16.0. The first-order valence-electron chi connectivity index (χ1n) is 7.78. The van der Waals surface area contributed by atoms with Crippen molar-refractivity contribution in [2.45, 2.75) is 38.8 Å². The second kappa shape index (κ2) is 6.98. The van der Waals surface area contributed by atoms with Crippen molar-refractivity contribution in [2.75, 3.05) is 32.6 Å². The number of hydrogen-bond donors (Lipinski definition) is 1. The molecule has 1 aliphatic rings. The third-order valence-corrected chi connectivity index (χ3v) is 3.56. The van der Waals surface area contributed by atoms with Gasteiger partial charge in [0.15, 0.2) is 0 Å². The van der Waals surface area contributed by atoms with Gasteiger partial charge >= 0.3 is 6.09 Å². The highest BCUT2D eigenvalue weighted by atomic mass is 16.6. The third-order valence-electron chi connectivity index (χ3n) is 3.56. The van der Waals surface area contributed by atoms with Gasteiger partial charge in [-0.1, -0.05) is 0 Å². The molecule has 0 spiro atoms. The van der Waals surface area contributed by atoms with Crippen molar-refractivity contribution < 1.29 is 19.0 Å². The van der Waals surface area contributed by atoms with Gasteiger partial charge in [0.2, 0.25) is 0 Å². The molecule has 0 radical (unpaired) electrons. The van der Waals surface area contributed by atoms with Gasteiger partial charge < -0.3 is 24.4 Å². The minimum absolute atomic E-state index is 0.180. The summed E-state index contributed by atoms with van der Waals surface area (Å²) in [6.45, 7) is 6.93. The Balaban J connectivity index is 1.96. The van der Waals surface area contributed by atoms with Gasteiger partial charge in [-0.05, 0) is 27.2 Å². The number of nitrogens with zero attached hydrogens (tertiary/aromatic N) is 1. The van der Waals surface area contributed by atoms with Crippen molar-refractivity contribution in [2.24, 2.45) is 0 Å². The molecule has 0 bridgehead atoms. The first-order chi connectivity index (χ1) is 10.8. The highest BCUT2D eigenvalue weighted by Crippen LogP contribution is 2.27. The van der Waals surface area contributed by atoms with Crippen LogP contribution in [0.1, 0.15) is 27.2 Å². The molecule has 1 aromatic carbocycles. The van der Waals surface area contributed by atoms with Gasteiger partial charge in [0.1, 0.15) is 17.1 Å². The Kier molecular flexibility index (Phi) is 5.23. The van der Waals surface area contributed by atoms with Crippen molar-refractivity contribution in [1.29, 1.82) is 0 Å². The number of anilines is 1. The summed E-state index contributed by atoms with van der Waals surface area (Å²) in [7, 11) is 3.25. The van der Waals surface area contributed by atoms with Crippen LogP contribution in [0.15, 0.2) is 18.2 Å². The Morgan fingerprint density at radius 1 is 1.17 bits per heavy atom. The molecule has 1 aliphatic heterocycles. The summed E-state index contributed by atoms with van der Waals surface area (Å²) in [6, 6.07) is 5.84. The molecule has 1 heterocycles. The number of rotatable bonds is 4. The van der Waals surface area contributed by atoms with Crippen molar-refractivity contribution in [3.8, 4) is 11.5 Å². The monoisotopic (exact) mass is 322 g/mol. The van der Waals surface area contributed by atoms with Gasteiger partial charge in [-0.25, -0.2) is 4.79 Å². The molecule has 1 aromatic rings. The lowest BCUT2D eigenvalue weighted by Gasteiger charge is -2.24. The lowest BCUT2D eigenvalue weighted by atomic mass is 10.2. The summed E-state index contributed by atoms with van der Waals surface area (Å²) in [5.74, 6) is 1.46. The molecule has 1 saturated heterocycles. The number of carbonyl (C=O) groups excluding carboxylic acids is 1. The quantitative estimate of drug-likeness (QED) is 0.923. The van der Waals surface area contributed by atoms with E-state index >= 15 is 0 Å². The van der Waals surface area contributed by atoms with Gasteiger partial charge in [0.05, 0.1) is 14.2 Å². The second-order valence-electron chi connectivity index (χ2n) is 6.66. The molecule has 0 saturated carbocycles. The minimum atomic E-state index is -0.469. The molecule has 0 aliphatic carbocycles. The van der Waals surface area contributed by atoms with E-state index in [0.717, 1.165) is 23.6 Å². The van der Waals surface area contributed by atoms with E-state index < -0.39 is 5.60 Å². The fourth-order valence-corrected chi connectivity index (χ4v) is 2.50. The van der Waals surface area contributed by atoms with E-state index in [1.54, 1.807) is 19.1 Å². The van der Waals surface area contributed by atoms with E-state index in [0.29, 0.717) is 13.1 Å². The van der Waals surface area contributed by atoms with Gasteiger partial charge in [0, 0.05) is 43.0 Å². The first-order valence-corrected chi connectivity index (χ1v) is 7.78. The fraction of sp³-hybridized carbons (Fsp3) is 0.588. The van der Waals surface area contributed by atoms with E-state index in [4.69, 9.17) is 14.2 Å². The average molecular weight is 322 g/mol. The largest absolute Gasteiger partial charge is 0.497 e. The molecule has 6 heteroatoms. The van der Waals surface area contributed by atoms with Crippen LogP contribution in [0.5, 0.6) is 11.5 Å². The predicted molar refractivity (Wildman–Crippen MR) is 89.4 cm³/mol. The van der Waals surface area contributed by atoms with Gasteiger partial charge in [-0.3, -0.25) is 0 Å². The third kappa shape index (κ3) is 4.94. The van der Waals surface area contributed by atoms with Crippen LogP contribution in [0.4, 0.5) is 10.5 Å². The molecule has 2 rings (SSSR count). The van der Waals surface area contributed by atoms with Crippen LogP contribution in [0.3, 0.4) is 0 Å². The summed E-state index contributed by atoms with van der Waals surface area (Å²) >= 11 is 0. The molecule has 0 unspecified atom stereocenters. The summed E-state index contributed by atoms with van der Waals surface area (Å²) in [4.78, 5) is 13.8. The molecule has 0 aromatic heterocycles. The number of amides is 1. The molecule has 1 atom stereocenters. The Bertz CT molecular complexity index is 532. The number of nitrogens with one attached hydrogen (secondary N) is 1. The molecule has 23 heavy (non-hydrogen) atoms. The zero-order chi connectivity index (χ0) is 17.0. The van der Waals surface area contributed by atoms with Crippen LogP contribution in [-0.4, -0.2) is 49.9 Å². The van der Waals surface area contributed by atoms with E-state index in [1.165, 1.54) is 0 Å². The topological polar surface area (TPSA) is 60.0 Å². The standard InChI is InChI=1S/C17H26N2O4/c1-17(2,3)23-16(20)19-7-6-12(11-19)18-13-8-14(21-4)10-15(9-13)22-5/h8-10,12,18H,6-7,11H2,1-5H3/t12-/m1/s1. The van der Waals surface area contributed by atoms with Gasteiger partial charge in [0.25, 0.3) is 0 Å². The molecule has 1 amide bonds. The smallest absolute Gasteiger partial charge is 0.410 e. The van der Waals surface area contributed by atoms with Crippen LogP contribution in [-0.2, 0) is 4.74 Å². The van der Waals surface area contributed by atoms with Crippen LogP contribution in [0, 0.1) is 0 Å². The van der Waals surface area contributed by atoms with E-state index in [9.17, 15) is 4.79 Å². The summed E-state index contributed by atoms with van der Waals surface area (Å²) in [6.07, 6.45) is 0.615. The van der Waals surface area contributed by atoms with Crippen LogP contribution >= 0.6 is 0 Å². The minimum Gasteiger partial charge on any atom is -0.497 e. The zero-order valence-electron chi connectivity index (χ0n) is 14.5. The maximum atomic E-state index is 12.1. The van der Waals surface area contributed by atoms with Crippen LogP contribution in [0.2, 0.25) is 0 Å². The SMILES string of the molecule is COc1cc(N[C@@H]2CCN(C(=O)OC(C)(C)C)C2)cc(OC)c1. The van der Waals surface area contributed by atoms with E-state index in [-0.39, 0.29) is 12.1 Å². The Morgan fingerprint density at radius 2 is 1.78 bits per heavy atom. The number of ether oxygens (including phenoxy) is 3. The zero-order valence-corrected chi connectivity index (χ0v) is 14.5. The molecule has 128 valence electrons. The lowest BCUT2D eigenvalue weighted by molar-refractivity contribution is 0.0293. The lowest BCUT2D eigenvalue weighted by Crippen LogP contribution is -2.36. The molecular formula is C17H26N2O4. The second-order valence-corrected chi connectivity index (χ2v) is 6.66. The fourth-order valence-electron chi connectivity index (χ4n) is 2.50. The Hall–Kier alpha value is -2.11. The number of hydrogen-bond acceptors (Lipinski definition) is 5.